The summed E-state index contributed by atoms with van der Waals surface area (Å²) in [5, 5.41) is 6.19. The molecule has 38 heavy (non-hydrogen) atoms. The molecule has 1 saturated carbocycles. The number of primary amides is 1. The number of nitrogens with zero attached hydrogens (tertiary/aromatic N) is 1. The maximum Gasteiger partial charge on any atom is 0.330 e. The van der Waals surface area contributed by atoms with E-state index in [1.165, 1.54) is 17.7 Å². The highest BCUT2D eigenvalue weighted by Gasteiger charge is 2.49. The summed E-state index contributed by atoms with van der Waals surface area (Å²) in [5.41, 5.74) is 5.26. The van der Waals surface area contributed by atoms with Crippen molar-refractivity contribution < 1.29 is 23.9 Å². The first-order valence-corrected chi connectivity index (χ1v) is 13.9. The quantitative estimate of drug-likeness (QED) is 0.423. The highest BCUT2D eigenvalue weighted by Crippen LogP contribution is 2.39. The third-order valence-corrected chi connectivity index (χ3v) is 8.11. The Kier molecular flexibility index (Phi) is 8.16. The highest BCUT2D eigenvalue weighted by atomic mass is 16.6. The van der Waals surface area contributed by atoms with Crippen molar-refractivity contribution >= 4 is 23.7 Å². The van der Waals surface area contributed by atoms with Crippen LogP contribution in [0.5, 0.6) is 0 Å². The van der Waals surface area contributed by atoms with E-state index in [0.29, 0.717) is 43.7 Å². The number of hydrogen-bond acceptors (Lipinski definition) is 6. The molecule has 0 aromatic heterocycles. The van der Waals surface area contributed by atoms with Crippen LogP contribution in [-0.4, -0.2) is 59.8 Å². The minimum absolute atomic E-state index is 0.247. The Morgan fingerprint density at radius 2 is 1.84 bits per heavy atom. The standard InChI is InChI=1S/C29H42N4O5/c1-18(31-17-19-13-14-19)24(34)32-23(28(2,3)4)25(35)33-16-8-12-22(33)26(36)38-29(27(30)37)15-7-10-20-9-5-6-11-21(20)29/h5-6,9,11,18-19,22-23,31H,7-8,10,12-17H2,1-4H3,(H2,30,37)(H,32,34). The SMILES string of the molecule is CC(NCC1CC1)C(=O)NC(C(=O)N1CCCC1C(=O)OC1(C(N)=O)CCCc2ccccc21)C(C)(C)C. The van der Waals surface area contributed by atoms with Crippen molar-refractivity contribution in [1.29, 1.82) is 0 Å². The smallest absolute Gasteiger partial charge is 0.330 e. The molecule has 1 aliphatic heterocycles. The molecule has 1 saturated heterocycles. The monoisotopic (exact) mass is 526 g/mol. The normalized spacial score (nSPS) is 24.7. The van der Waals surface area contributed by atoms with Crippen LogP contribution < -0.4 is 16.4 Å². The topological polar surface area (TPSA) is 131 Å². The number of ether oxygens (including phenoxy) is 1. The van der Waals surface area contributed by atoms with Crippen LogP contribution in [0.15, 0.2) is 24.3 Å². The van der Waals surface area contributed by atoms with Crippen LogP contribution in [0.1, 0.15) is 77.3 Å². The molecule has 4 rings (SSSR count). The molecule has 3 amide bonds. The van der Waals surface area contributed by atoms with Crippen molar-refractivity contribution in [2.75, 3.05) is 13.1 Å². The number of fused-ring (bicyclic) bond motifs is 1. The fourth-order valence-corrected chi connectivity index (χ4v) is 5.56. The van der Waals surface area contributed by atoms with Gasteiger partial charge in [0.1, 0.15) is 12.1 Å². The first-order chi connectivity index (χ1) is 17.9. The maximum absolute atomic E-state index is 13.8. The molecular formula is C29H42N4O5. The summed E-state index contributed by atoms with van der Waals surface area (Å²) in [6.07, 6.45) is 5.14. The van der Waals surface area contributed by atoms with Crippen LogP contribution in [-0.2, 0) is 35.9 Å². The van der Waals surface area contributed by atoms with Crippen LogP contribution in [0, 0.1) is 11.3 Å². The Hall–Kier alpha value is -2.94. The molecule has 208 valence electrons. The third kappa shape index (κ3) is 5.87. The molecule has 2 aliphatic carbocycles. The third-order valence-electron chi connectivity index (χ3n) is 8.11. The molecule has 0 radical (unpaired) electrons. The van der Waals surface area contributed by atoms with Crippen molar-refractivity contribution in [3.8, 4) is 0 Å². The molecule has 9 nitrogen and oxygen atoms in total. The van der Waals surface area contributed by atoms with Crippen molar-refractivity contribution in [3.05, 3.63) is 35.4 Å². The van der Waals surface area contributed by atoms with Crippen molar-refractivity contribution in [2.45, 2.75) is 96.4 Å². The number of carbonyl (C=O) groups is 4. The summed E-state index contributed by atoms with van der Waals surface area (Å²) in [6.45, 7) is 8.63. The van der Waals surface area contributed by atoms with Gasteiger partial charge in [0, 0.05) is 18.5 Å². The van der Waals surface area contributed by atoms with Crippen LogP contribution in [0.25, 0.3) is 0 Å². The van der Waals surface area contributed by atoms with E-state index < -0.39 is 41.0 Å². The van der Waals surface area contributed by atoms with Gasteiger partial charge in [-0.2, -0.15) is 0 Å². The lowest BCUT2D eigenvalue weighted by molar-refractivity contribution is -0.176. The van der Waals surface area contributed by atoms with Crippen molar-refractivity contribution in [3.63, 3.8) is 0 Å². The summed E-state index contributed by atoms with van der Waals surface area (Å²) in [6, 6.07) is 5.29. The molecule has 1 aromatic rings. The summed E-state index contributed by atoms with van der Waals surface area (Å²) >= 11 is 0. The van der Waals surface area contributed by atoms with E-state index in [0.717, 1.165) is 18.5 Å². The molecule has 0 spiro atoms. The molecule has 3 aliphatic rings. The van der Waals surface area contributed by atoms with E-state index >= 15 is 0 Å². The van der Waals surface area contributed by atoms with Crippen LogP contribution in [0.4, 0.5) is 0 Å². The van der Waals surface area contributed by atoms with Gasteiger partial charge in [-0.1, -0.05) is 45.0 Å². The average molecular weight is 527 g/mol. The lowest BCUT2D eigenvalue weighted by Crippen LogP contribution is -2.59. The number of esters is 1. The van der Waals surface area contributed by atoms with E-state index in [-0.39, 0.29) is 11.8 Å². The largest absolute Gasteiger partial charge is 0.442 e. The Morgan fingerprint density at radius 3 is 2.50 bits per heavy atom. The average Bonchev–Trinajstić information content (AvgIpc) is 3.57. The van der Waals surface area contributed by atoms with Gasteiger partial charge in [-0.3, -0.25) is 14.4 Å². The van der Waals surface area contributed by atoms with Crippen molar-refractivity contribution in [2.24, 2.45) is 17.1 Å². The number of nitrogens with two attached hydrogens (primary N) is 1. The molecule has 4 atom stereocenters. The van der Waals surface area contributed by atoms with E-state index in [9.17, 15) is 19.2 Å². The molecule has 1 aromatic carbocycles. The molecule has 2 fully saturated rings. The van der Waals surface area contributed by atoms with Crippen LogP contribution >= 0.6 is 0 Å². The number of nitrogens with one attached hydrogen (secondary N) is 2. The maximum atomic E-state index is 13.8. The lowest BCUT2D eigenvalue weighted by Gasteiger charge is -2.38. The first-order valence-electron chi connectivity index (χ1n) is 13.9. The second kappa shape index (κ2) is 11.0. The second-order valence-electron chi connectivity index (χ2n) is 12.2. The van der Waals surface area contributed by atoms with Gasteiger partial charge in [0.15, 0.2) is 0 Å². The van der Waals surface area contributed by atoms with E-state index in [1.54, 1.807) is 19.1 Å². The summed E-state index contributed by atoms with van der Waals surface area (Å²) in [7, 11) is 0. The zero-order valence-electron chi connectivity index (χ0n) is 23.0. The molecule has 0 bridgehead atoms. The van der Waals surface area contributed by atoms with E-state index in [1.807, 2.05) is 32.9 Å². The van der Waals surface area contributed by atoms with Gasteiger partial charge in [-0.25, -0.2) is 4.79 Å². The Balaban J connectivity index is 1.50. The Morgan fingerprint density at radius 1 is 1.13 bits per heavy atom. The Labute approximate surface area is 225 Å². The van der Waals surface area contributed by atoms with Gasteiger partial charge in [0.25, 0.3) is 5.91 Å². The van der Waals surface area contributed by atoms with Gasteiger partial charge < -0.3 is 26.0 Å². The van der Waals surface area contributed by atoms with Crippen LogP contribution in [0.3, 0.4) is 0 Å². The summed E-state index contributed by atoms with van der Waals surface area (Å²) < 4.78 is 5.97. The first kappa shape index (κ1) is 28.1. The predicted octanol–water partition coefficient (Wildman–Crippen LogP) is 2.16. The number of benzene rings is 1. The predicted molar refractivity (Wildman–Crippen MR) is 143 cm³/mol. The molecule has 4 N–H and O–H groups in total. The molecule has 9 heteroatoms. The summed E-state index contributed by atoms with van der Waals surface area (Å²) in [4.78, 5) is 54.6. The van der Waals surface area contributed by atoms with Gasteiger partial charge >= 0.3 is 5.97 Å². The number of rotatable bonds is 9. The Bertz CT molecular complexity index is 1080. The number of amides is 3. The second-order valence-corrected chi connectivity index (χ2v) is 12.2. The minimum Gasteiger partial charge on any atom is -0.442 e. The lowest BCUT2D eigenvalue weighted by atomic mass is 9.78. The molecular weight excluding hydrogens is 484 g/mol. The van der Waals surface area contributed by atoms with Gasteiger partial charge in [-0.05, 0) is 68.9 Å². The molecule has 4 unspecified atom stereocenters. The fraction of sp³-hybridized carbons (Fsp3) is 0.655. The summed E-state index contributed by atoms with van der Waals surface area (Å²) in [5.74, 6) is -1.28. The van der Waals surface area contributed by atoms with Crippen LogP contribution in [0.2, 0.25) is 0 Å². The fourth-order valence-electron chi connectivity index (χ4n) is 5.56. The van der Waals surface area contributed by atoms with Gasteiger partial charge in [0.05, 0.1) is 6.04 Å². The number of hydrogen-bond donors (Lipinski definition) is 3. The highest BCUT2D eigenvalue weighted by molar-refractivity contribution is 5.94. The van der Waals surface area contributed by atoms with E-state index in [4.69, 9.17) is 10.5 Å². The van der Waals surface area contributed by atoms with E-state index in [2.05, 4.69) is 10.6 Å². The van der Waals surface area contributed by atoms with Gasteiger partial charge in [-0.15, -0.1) is 0 Å². The number of aryl methyl sites for hydroxylation is 1. The number of likely N-dealkylation sites (tertiary alicyclic amines) is 1. The number of carbonyl (C=O) groups excluding carboxylic acids is 4. The molecule has 1 heterocycles. The minimum atomic E-state index is -1.55. The zero-order valence-corrected chi connectivity index (χ0v) is 23.0. The van der Waals surface area contributed by atoms with Crippen molar-refractivity contribution in [1.82, 2.24) is 15.5 Å². The zero-order chi connectivity index (χ0) is 27.7. The van der Waals surface area contributed by atoms with Gasteiger partial charge in [0.2, 0.25) is 17.4 Å².